The average Bonchev–Trinajstić information content (AvgIpc) is 3.32. The van der Waals surface area contributed by atoms with Gasteiger partial charge in [-0.25, -0.2) is 0 Å². The summed E-state index contributed by atoms with van der Waals surface area (Å²) in [5.41, 5.74) is 9.48. The lowest BCUT2D eigenvalue weighted by Gasteiger charge is -2.43. The van der Waals surface area contributed by atoms with E-state index in [4.69, 9.17) is 4.74 Å². The Kier molecular flexibility index (Phi) is 7.96. The first kappa shape index (κ1) is 34.6. The van der Waals surface area contributed by atoms with Crippen molar-refractivity contribution in [2.45, 2.75) is 18.3 Å². The fourth-order valence-corrected chi connectivity index (χ4v) is 10.4. The van der Waals surface area contributed by atoms with Crippen LogP contribution in [0.2, 0.25) is 0 Å². The highest BCUT2D eigenvalue weighted by Crippen LogP contribution is 2.60. The first-order valence-electron chi connectivity index (χ1n) is 21.0. The van der Waals surface area contributed by atoms with Crippen LogP contribution in [0.3, 0.4) is 0 Å². The van der Waals surface area contributed by atoms with Gasteiger partial charge in [-0.1, -0.05) is 218 Å². The van der Waals surface area contributed by atoms with E-state index in [-0.39, 0.29) is 0 Å². The molecule has 1 heteroatoms. The minimum absolute atomic E-state index is 0.536. The molecule has 0 bridgehead atoms. The van der Waals surface area contributed by atoms with Gasteiger partial charge in [0.25, 0.3) is 0 Å². The lowest BCUT2D eigenvalue weighted by Crippen LogP contribution is -2.37. The van der Waals surface area contributed by atoms with Crippen molar-refractivity contribution in [1.82, 2.24) is 0 Å². The fourth-order valence-electron chi connectivity index (χ4n) is 10.4. The van der Waals surface area contributed by atoms with E-state index in [1.807, 2.05) is 0 Å². The lowest BCUT2D eigenvalue weighted by molar-refractivity contribution is 0.399. The van der Waals surface area contributed by atoms with Gasteiger partial charge in [0.2, 0.25) is 0 Å². The smallest absolute Gasteiger partial charge is 0.140 e. The zero-order valence-corrected chi connectivity index (χ0v) is 33.1. The Labute approximate surface area is 349 Å². The molecule has 0 spiro atoms. The van der Waals surface area contributed by atoms with Crippen molar-refractivity contribution in [2.24, 2.45) is 0 Å². The first-order chi connectivity index (χ1) is 29.7. The lowest BCUT2D eigenvalue weighted by atomic mass is 9.62. The van der Waals surface area contributed by atoms with Gasteiger partial charge in [-0.3, -0.25) is 0 Å². The summed E-state index contributed by atoms with van der Waals surface area (Å²) in [5, 5.41) is 12.2. The SMILES string of the molecule is c1ccc(-c2ccc(CC3(Cc4ccc(-c5cccc6ccccc56)cc4)c4c(c5ccccc5c5ccccc45)Oc4c3c3ccccc3c3ccccc43)cc2)cc1. The third kappa shape index (κ3) is 5.40. The van der Waals surface area contributed by atoms with Crippen molar-refractivity contribution in [3.05, 3.63) is 241 Å². The maximum atomic E-state index is 7.55. The second kappa shape index (κ2) is 13.8. The van der Waals surface area contributed by atoms with E-state index in [0.29, 0.717) is 0 Å². The minimum Gasteiger partial charge on any atom is -0.455 e. The van der Waals surface area contributed by atoms with Crippen LogP contribution in [0, 0.1) is 0 Å². The van der Waals surface area contributed by atoms with Crippen molar-refractivity contribution in [1.29, 1.82) is 0 Å². The summed E-state index contributed by atoms with van der Waals surface area (Å²) in [7, 11) is 0. The molecule has 1 aliphatic heterocycles. The van der Waals surface area contributed by atoms with Gasteiger partial charge in [0.1, 0.15) is 11.5 Å². The van der Waals surface area contributed by atoms with E-state index in [1.165, 1.54) is 87.6 Å². The quantitative estimate of drug-likeness (QED) is 0.153. The van der Waals surface area contributed by atoms with Crippen molar-refractivity contribution < 1.29 is 4.74 Å². The molecule has 0 aromatic heterocycles. The summed E-state index contributed by atoms with van der Waals surface area (Å²) in [6, 6.07) is 80.4. The number of benzene rings is 11. The molecule has 0 saturated carbocycles. The van der Waals surface area contributed by atoms with Crippen molar-refractivity contribution in [3.8, 4) is 33.8 Å². The molecule has 1 heterocycles. The third-order valence-electron chi connectivity index (χ3n) is 13.1. The average molecular weight is 765 g/mol. The summed E-state index contributed by atoms with van der Waals surface area (Å²) in [6.07, 6.45) is 1.55. The maximum Gasteiger partial charge on any atom is 0.140 e. The third-order valence-corrected chi connectivity index (χ3v) is 13.1. The second-order valence-corrected chi connectivity index (χ2v) is 16.4. The first-order valence-corrected chi connectivity index (χ1v) is 21.0. The molecule has 0 unspecified atom stereocenters. The highest BCUT2D eigenvalue weighted by atomic mass is 16.5. The van der Waals surface area contributed by atoms with Crippen LogP contribution < -0.4 is 4.74 Å². The van der Waals surface area contributed by atoms with Gasteiger partial charge in [-0.05, 0) is 89.3 Å². The molecule has 1 nitrogen and oxygen atoms in total. The van der Waals surface area contributed by atoms with E-state index in [1.54, 1.807) is 0 Å². The van der Waals surface area contributed by atoms with Crippen LogP contribution in [0.25, 0.3) is 76.1 Å². The van der Waals surface area contributed by atoms with Gasteiger partial charge in [0.05, 0.1) is 0 Å². The fraction of sp³-hybridized carbons (Fsp3) is 0.0508. The standard InChI is InChI=1S/C59H40O/c1-2-15-41(16-3-1)42-33-29-39(30-34-42)37-59(38-40-31-35-44(36-32-40)46-28-14-18-43-17-4-5-19-45(43)46)55-51-24-10-6-20-47(51)49-22-8-12-26-53(49)57(55)60-58-54-27-13-9-23-50(54)48-21-7-11-25-52(48)56(58)59/h1-36H,37-38H2. The molecule has 0 atom stereocenters. The zero-order chi connectivity index (χ0) is 39.6. The Morgan fingerprint density at radius 1 is 0.283 bits per heavy atom. The Morgan fingerprint density at radius 2 is 0.667 bits per heavy atom. The molecule has 11 aromatic rings. The number of rotatable bonds is 6. The van der Waals surface area contributed by atoms with Crippen molar-refractivity contribution in [2.75, 3.05) is 0 Å². The second-order valence-electron chi connectivity index (χ2n) is 16.4. The zero-order valence-electron chi connectivity index (χ0n) is 33.1. The summed E-state index contributed by atoms with van der Waals surface area (Å²) < 4.78 is 7.55. The normalized spacial score (nSPS) is 13.1. The number of hydrogen-bond acceptors (Lipinski definition) is 1. The molecular formula is C59H40O. The molecule has 0 fully saturated rings. The highest BCUT2D eigenvalue weighted by molar-refractivity contribution is 6.17. The van der Waals surface area contributed by atoms with Crippen molar-refractivity contribution in [3.63, 3.8) is 0 Å². The van der Waals surface area contributed by atoms with Crippen LogP contribution in [-0.4, -0.2) is 0 Å². The van der Waals surface area contributed by atoms with E-state index in [2.05, 4.69) is 218 Å². The van der Waals surface area contributed by atoms with Gasteiger partial charge in [-0.2, -0.15) is 0 Å². The molecule has 0 amide bonds. The predicted molar refractivity (Wildman–Crippen MR) is 252 cm³/mol. The molecule has 0 saturated heterocycles. The molecule has 0 aliphatic carbocycles. The Morgan fingerprint density at radius 3 is 1.20 bits per heavy atom. The van der Waals surface area contributed by atoms with E-state index in [9.17, 15) is 0 Å². The monoisotopic (exact) mass is 764 g/mol. The van der Waals surface area contributed by atoms with Gasteiger partial charge in [0, 0.05) is 27.3 Å². The van der Waals surface area contributed by atoms with Crippen LogP contribution in [0.1, 0.15) is 22.3 Å². The molecule has 282 valence electrons. The number of hydrogen-bond donors (Lipinski definition) is 0. The summed E-state index contributed by atoms with van der Waals surface area (Å²) in [5.74, 6) is 1.93. The van der Waals surface area contributed by atoms with Crippen LogP contribution in [-0.2, 0) is 18.3 Å². The van der Waals surface area contributed by atoms with Gasteiger partial charge >= 0.3 is 0 Å². The van der Waals surface area contributed by atoms with Crippen LogP contribution in [0.4, 0.5) is 0 Å². The van der Waals surface area contributed by atoms with Crippen molar-refractivity contribution >= 4 is 53.9 Å². The summed E-state index contributed by atoms with van der Waals surface area (Å²) >= 11 is 0. The molecule has 0 radical (unpaired) electrons. The van der Waals surface area contributed by atoms with Gasteiger partial charge < -0.3 is 4.74 Å². The van der Waals surface area contributed by atoms with Crippen LogP contribution >= 0.6 is 0 Å². The highest BCUT2D eigenvalue weighted by Gasteiger charge is 2.46. The van der Waals surface area contributed by atoms with E-state index < -0.39 is 5.41 Å². The van der Waals surface area contributed by atoms with Gasteiger partial charge in [0.15, 0.2) is 0 Å². The topological polar surface area (TPSA) is 9.23 Å². The Balaban J connectivity index is 1.17. The van der Waals surface area contributed by atoms with Crippen LogP contribution in [0.15, 0.2) is 218 Å². The molecule has 1 aliphatic rings. The molecule has 11 aromatic carbocycles. The molecule has 60 heavy (non-hydrogen) atoms. The predicted octanol–water partition coefficient (Wildman–Crippen LogP) is 15.7. The number of fused-ring (bicyclic) bond motifs is 13. The van der Waals surface area contributed by atoms with E-state index >= 15 is 0 Å². The summed E-state index contributed by atoms with van der Waals surface area (Å²) in [6.45, 7) is 0. The van der Waals surface area contributed by atoms with Gasteiger partial charge in [-0.15, -0.1) is 0 Å². The largest absolute Gasteiger partial charge is 0.455 e. The Bertz CT molecular complexity index is 3300. The molecule has 12 rings (SSSR count). The van der Waals surface area contributed by atoms with E-state index in [0.717, 1.165) is 35.1 Å². The summed E-state index contributed by atoms with van der Waals surface area (Å²) in [4.78, 5) is 0. The van der Waals surface area contributed by atoms with Crippen LogP contribution in [0.5, 0.6) is 11.5 Å². The Hall–Kier alpha value is -7.48. The molecule has 0 N–H and O–H groups in total. The maximum absolute atomic E-state index is 7.55. The minimum atomic E-state index is -0.536. The molecular weight excluding hydrogens is 725 g/mol. The number of ether oxygens (including phenoxy) is 1.